The molecule has 0 unspecified atom stereocenters. The van der Waals surface area contributed by atoms with Crippen LogP contribution in [0.15, 0.2) is 21.3 Å². The molecule has 4 nitrogen and oxygen atoms in total. The van der Waals surface area contributed by atoms with Crippen molar-refractivity contribution >= 4 is 11.0 Å². The first-order valence-corrected chi connectivity index (χ1v) is 7.72. The first kappa shape index (κ1) is 14.1. The minimum absolute atomic E-state index is 0.296. The topological polar surface area (TPSA) is 54.9 Å². The molecule has 2 N–H and O–H groups in total. The van der Waals surface area contributed by atoms with Gasteiger partial charge in [-0.2, -0.15) is 0 Å². The number of hydrogen-bond acceptors (Lipinski definition) is 3. The summed E-state index contributed by atoms with van der Waals surface area (Å²) in [6.07, 6.45) is 3.23. The third-order valence-corrected chi connectivity index (χ3v) is 4.53. The number of fused-ring (bicyclic) bond motifs is 1. The normalized spacial score (nSPS) is 15.9. The minimum atomic E-state index is -0.351. The van der Waals surface area contributed by atoms with Crippen molar-refractivity contribution in [1.82, 2.24) is 0 Å². The Morgan fingerprint density at radius 1 is 1.29 bits per heavy atom. The van der Waals surface area contributed by atoms with Crippen LogP contribution in [0.5, 0.6) is 5.75 Å². The van der Waals surface area contributed by atoms with E-state index in [-0.39, 0.29) is 5.63 Å². The van der Waals surface area contributed by atoms with E-state index in [2.05, 4.69) is 0 Å². The smallest absolute Gasteiger partial charge is 0.336 e. The number of aryl methyl sites for hydroxylation is 2. The molecule has 1 saturated heterocycles. The van der Waals surface area contributed by atoms with Crippen molar-refractivity contribution < 1.29 is 14.4 Å². The first-order valence-electron chi connectivity index (χ1n) is 7.72. The molecule has 0 amide bonds. The molecule has 1 fully saturated rings. The summed E-state index contributed by atoms with van der Waals surface area (Å²) < 4.78 is 5.27. The van der Waals surface area contributed by atoms with E-state index in [1.54, 1.807) is 0 Å². The summed E-state index contributed by atoms with van der Waals surface area (Å²) in [6, 6.07) is 3.38. The zero-order chi connectivity index (χ0) is 15.0. The van der Waals surface area contributed by atoms with Crippen molar-refractivity contribution in [3.63, 3.8) is 0 Å². The lowest BCUT2D eigenvalue weighted by Gasteiger charge is -2.17. The molecule has 0 atom stereocenters. The predicted molar refractivity (Wildman–Crippen MR) is 81.9 cm³/mol. The Labute approximate surface area is 124 Å². The second kappa shape index (κ2) is 5.53. The minimum Gasteiger partial charge on any atom is -0.507 e. The van der Waals surface area contributed by atoms with Crippen molar-refractivity contribution in [2.24, 2.45) is 0 Å². The Balaban J connectivity index is 2.16. The van der Waals surface area contributed by atoms with Crippen LogP contribution in [0.1, 0.15) is 36.5 Å². The second-order valence-electron chi connectivity index (χ2n) is 5.97. The third kappa shape index (κ3) is 2.56. The molecule has 1 aromatic heterocycles. The van der Waals surface area contributed by atoms with Crippen LogP contribution >= 0.6 is 0 Å². The molecule has 4 heteroatoms. The van der Waals surface area contributed by atoms with Gasteiger partial charge in [-0.15, -0.1) is 0 Å². The molecule has 0 aliphatic carbocycles. The molecular weight excluding hydrogens is 266 g/mol. The lowest BCUT2D eigenvalue weighted by Crippen LogP contribution is -3.08. The summed E-state index contributed by atoms with van der Waals surface area (Å²) in [4.78, 5) is 13.1. The molecule has 2 aromatic rings. The third-order valence-electron chi connectivity index (χ3n) is 4.53. The summed E-state index contributed by atoms with van der Waals surface area (Å²) >= 11 is 0. The van der Waals surface area contributed by atoms with Gasteiger partial charge in [0.1, 0.15) is 17.9 Å². The Morgan fingerprint density at radius 2 is 2.00 bits per heavy atom. The van der Waals surface area contributed by atoms with Gasteiger partial charge in [-0.25, -0.2) is 4.79 Å². The largest absolute Gasteiger partial charge is 0.507 e. The van der Waals surface area contributed by atoms with Crippen LogP contribution in [0, 0.1) is 6.92 Å². The van der Waals surface area contributed by atoms with E-state index in [0.29, 0.717) is 23.1 Å². The number of aromatic hydroxyl groups is 1. The molecule has 21 heavy (non-hydrogen) atoms. The molecular formula is C17H22NO3+. The Bertz CT molecular complexity index is 727. The van der Waals surface area contributed by atoms with E-state index in [9.17, 15) is 9.90 Å². The average molecular weight is 288 g/mol. The first-order chi connectivity index (χ1) is 10.1. The van der Waals surface area contributed by atoms with Gasteiger partial charge >= 0.3 is 5.63 Å². The van der Waals surface area contributed by atoms with Gasteiger partial charge in [-0.1, -0.05) is 6.92 Å². The number of nitrogens with one attached hydrogen (secondary N) is 1. The summed E-state index contributed by atoms with van der Waals surface area (Å²) in [5.74, 6) is 0.296. The number of likely N-dealkylation sites (tertiary alicyclic amines) is 1. The number of rotatable bonds is 3. The fraction of sp³-hybridized carbons (Fsp3) is 0.471. The van der Waals surface area contributed by atoms with Crippen molar-refractivity contribution in [1.29, 1.82) is 0 Å². The molecule has 2 heterocycles. The molecule has 1 aliphatic rings. The van der Waals surface area contributed by atoms with Gasteiger partial charge in [-0.3, -0.25) is 0 Å². The van der Waals surface area contributed by atoms with Gasteiger partial charge in [0.15, 0.2) is 0 Å². The predicted octanol–water partition coefficient (Wildman–Crippen LogP) is 1.55. The van der Waals surface area contributed by atoms with Gasteiger partial charge in [0.25, 0.3) is 0 Å². The van der Waals surface area contributed by atoms with E-state index < -0.39 is 0 Å². The lowest BCUT2D eigenvalue weighted by atomic mass is 9.99. The number of hydrogen-bond donors (Lipinski definition) is 2. The van der Waals surface area contributed by atoms with Gasteiger partial charge in [0, 0.05) is 18.9 Å². The van der Waals surface area contributed by atoms with Gasteiger partial charge in [-0.05, 0) is 30.5 Å². The van der Waals surface area contributed by atoms with Crippen molar-refractivity contribution in [2.75, 3.05) is 13.1 Å². The Hall–Kier alpha value is -1.81. The zero-order valence-corrected chi connectivity index (χ0v) is 12.7. The van der Waals surface area contributed by atoms with Crippen molar-refractivity contribution in [2.45, 2.75) is 39.7 Å². The van der Waals surface area contributed by atoms with Crippen molar-refractivity contribution in [3.05, 3.63) is 39.2 Å². The standard InChI is InChI=1S/C17H21NO3/c1-3-12-9-15(19)21-14-8-11(2)13(17(20)16(12)14)10-18-6-4-5-7-18/h8-9,20H,3-7,10H2,1-2H3/p+1. The summed E-state index contributed by atoms with van der Waals surface area (Å²) in [5.41, 5.74) is 2.99. The molecule has 0 spiro atoms. The summed E-state index contributed by atoms with van der Waals surface area (Å²) in [7, 11) is 0. The number of phenols is 1. The van der Waals surface area contributed by atoms with Crippen LogP contribution in [0.4, 0.5) is 0 Å². The van der Waals surface area contributed by atoms with E-state index in [0.717, 1.165) is 23.2 Å². The maximum atomic E-state index is 11.6. The van der Waals surface area contributed by atoms with E-state index in [4.69, 9.17) is 4.42 Å². The van der Waals surface area contributed by atoms with Crippen LogP contribution in [0.2, 0.25) is 0 Å². The summed E-state index contributed by atoms with van der Waals surface area (Å²) in [5, 5.41) is 11.4. The molecule has 0 saturated carbocycles. The number of benzene rings is 1. The number of phenolic OH excluding ortho intramolecular Hbond substituents is 1. The average Bonchev–Trinajstić information content (AvgIpc) is 2.95. The highest BCUT2D eigenvalue weighted by molar-refractivity contribution is 5.88. The molecule has 0 bridgehead atoms. The van der Waals surface area contributed by atoms with Crippen molar-refractivity contribution in [3.8, 4) is 5.75 Å². The zero-order valence-electron chi connectivity index (χ0n) is 12.7. The van der Waals surface area contributed by atoms with E-state index >= 15 is 0 Å². The van der Waals surface area contributed by atoms with Crippen LogP contribution in [-0.2, 0) is 13.0 Å². The highest BCUT2D eigenvalue weighted by atomic mass is 16.4. The fourth-order valence-electron chi connectivity index (χ4n) is 3.36. The molecule has 0 radical (unpaired) electrons. The Morgan fingerprint density at radius 3 is 2.67 bits per heavy atom. The molecule has 3 rings (SSSR count). The van der Waals surface area contributed by atoms with Crippen LogP contribution < -0.4 is 10.5 Å². The van der Waals surface area contributed by atoms with Gasteiger partial charge in [0.2, 0.25) is 0 Å². The number of quaternary nitrogens is 1. The highest BCUT2D eigenvalue weighted by Crippen LogP contribution is 2.33. The van der Waals surface area contributed by atoms with Gasteiger partial charge < -0.3 is 14.4 Å². The second-order valence-corrected chi connectivity index (χ2v) is 5.97. The fourth-order valence-corrected chi connectivity index (χ4v) is 3.36. The highest BCUT2D eigenvalue weighted by Gasteiger charge is 2.21. The molecule has 1 aliphatic heterocycles. The quantitative estimate of drug-likeness (QED) is 0.843. The van der Waals surface area contributed by atoms with E-state index in [1.807, 2.05) is 19.9 Å². The van der Waals surface area contributed by atoms with Gasteiger partial charge in [0.05, 0.1) is 24.0 Å². The summed E-state index contributed by atoms with van der Waals surface area (Å²) in [6.45, 7) is 7.14. The van der Waals surface area contributed by atoms with Crippen LogP contribution in [-0.4, -0.2) is 18.2 Å². The maximum Gasteiger partial charge on any atom is 0.336 e. The van der Waals surface area contributed by atoms with Crippen LogP contribution in [0.25, 0.3) is 11.0 Å². The molecule has 1 aromatic carbocycles. The molecule has 112 valence electrons. The lowest BCUT2D eigenvalue weighted by molar-refractivity contribution is -0.901. The van der Waals surface area contributed by atoms with Crippen LogP contribution in [0.3, 0.4) is 0 Å². The van der Waals surface area contributed by atoms with E-state index in [1.165, 1.54) is 36.9 Å². The Kier molecular flexibility index (Phi) is 3.72. The SMILES string of the molecule is CCc1cc(=O)oc2cc(C)c(C[NH+]3CCCC3)c(O)c12. The monoisotopic (exact) mass is 288 g/mol. The maximum absolute atomic E-state index is 11.6.